The third-order valence-corrected chi connectivity index (χ3v) is 6.58. The van der Waals surface area contributed by atoms with Gasteiger partial charge in [-0.3, -0.25) is 9.59 Å². The molecular formula is C20H25ClN2O2. The summed E-state index contributed by atoms with van der Waals surface area (Å²) in [5.74, 6) is 2.60. The Balaban J connectivity index is 1.28. The van der Waals surface area contributed by atoms with Gasteiger partial charge in [-0.1, -0.05) is 18.0 Å². The molecule has 3 fully saturated rings. The molecule has 1 heterocycles. The average molecular weight is 361 g/mol. The van der Waals surface area contributed by atoms with Gasteiger partial charge in [-0.05, 0) is 61.3 Å². The van der Waals surface area contributed by atoms with E-state index in [0.717, 1.165) is 11.8 Å². The van der Waals surface area contributed by atoms with Crippen LogP contribution in [-0.2, 0) is 4.79 Å². The fourth-order valence-corrected chi connectivity index (χ4v) is 5.04. The molecule has 0 radical (unpaired) electrons. The minimum absolute atomic E-state index is 0.0249. The second-order valence-electron chi connectivity index (χ2n) is 7.82. The predicted octanol–water partition coefficient (Wildman–Crippen LogP) is 3.45. The molecule has 4 nitrogen and oxygen atoms in total. The molecule has 0 aromatic heterocycles. The highest BCUT2D eigenvalue weighted by Gasteiger charge is 2.40. The van der Waals surface area contributed by atoms with Gasteiger partial charge in [0.25, 0.3) is 5.91 Å². The van der Waals surface area contributed by atoms with E-state index in [1.54, 1.807) is 24.3 Å². The van der Waals surface area contributed by atoms with Crippen LogP contribution in [0.25, 0.3) is 0 Å². The van der Waals surface area contributed by atoms with Crippen molar-refractivity contribution in [2.45, 2.75) is 32.1 Å². The number of fused-ring (bicyclic) bond motifs is 2. The van der Waals surface area contributed by atoms with Gasteiger partial charge < -0.3 is 9.80 Å². The van der Waals surface area contributed by atoms with Crippen LogP contribution in [0.2, 0.25) is 5.02 Å². The molecule has 0 spiro atoms. The van der Waals surface area contributed by atoms with Crippen molar-refractivity contribution in [3.8, 4) is 0 Å². The summed E-state index contributed by atoms with van der Waals surface area (Å²) in [6.07, 6.45) is 6.02. The van der Waals surface area contributed by atoms with E-state index in [-0.39, 0.29) is 11.8 Å². The molecule has 0 N–H and O–H groups in total. The Bertz CT molecular complexity index is 652. The molecule has 2 amide bonds. The largest absolute Gasteiger partial charge is 0.339 e. The van der Waals surface area contributed by atoms with Gasteiger partial charge in [-0.15, -0.1) is 0 Å². The molecule has 1 aliphatic heterocycles. The van der Waals surface area contributed by atoms with Crippen LogP contribution in [-0.4, -0.2) is 47.8 Å². The number of carbonyl (C=O) groups excluding carboxylic acids is 2. The number of hydrogen-bond donors (Lipinski definition) is 0. The summed E-state index contributed by atoms with van der Waals surface area (Å²) in [4.78, 5) is 28.9. The summed E-state index contributed by atoms with van der Waals surface area (Å²) in [7, 11) is 0. The van der Waals surface area contributed by atoms with E-state index in [9.17, 15) is 9.59 Å². The van der Waals surface area contributed by atoms with Gasteiger partial charge in [0.05, 0.1) is 0 Å². The fourth-order valence-electron chi connectivity index (χ4n) is 4.91. The highest BCUT2D eigenvalue weighted by molar-refractivity contribution is 6.30. The number of halogens is 1. The number of rotatable bonds is 3. The SMILES string of the molecule is O=C(C[C@H]1C[C@H]2CC[C@H]1C2)N1CCN(C(=O)c2ccc(Cl)cc2)CC1. The van der Waals surface area contributed by atoms with Gasteiger partial charge in [-0.2, -0.15) is 0 Å². The van der Waals surface area contributed by atoms with Crippen LogP contribution in [0.1, 0.15) is 42.5 Å². The molecule has 2 bridgehead atoms. The van der Waals surface area contributed by atoms with Crippen LogP contribution >= 0.6 is 11.6 Å². The molecule has 2 aliphatic carbocycles. The summed E-state index contributed by atoms with van der Waals surface area (Å²) in [5, 5.41) is 0.632. The van der Waals surface area contributed by atoms with E-state index in [1.807, 2.05) is 9.80 Å². The highest BCUT2D eigenvalue weighted by atomic mass is 35.5. The number of piperazine rings is 1. The zero-order valence-corrected chi connectivity index (χ0v) is 15.3. The maximum absolute atomic E-state index is 12.6. The van der Waals surface area contributed by atoms with Crippen LogP contribution in [0.5, 0.6) is 0 Å². The minimum Gasteiger partial charge on any atom is -0.339 e. The van der Waals surface area contributed by atoms with Gasteiger partial charge in [0.1, 0.15) is 0 Å². The van der Waals surface area contributed by atoms with Crippen molar-refractivity contribution >= 4 is 23.4 Å². The summed E-state index contributed by atoms with van der Waals surface area (Å²) < 4.78 is 0. The predicted molar refractivity (Wildman–Crippen MR) is 97.5 cm³/mol. The third kappa shape index (κ3) is 3.55. The maximum atomic E-state index is 12.6. The molecule has 3 aliphatic rings. The van der Waals surface area contributed by atoms with E-state index in [1.165, 1.54) is 25.7 Å². The quantitative estimate of drug-likeness (QED) is 0.828. The molecule has 1 aromatic carbocycles. The number of hydrogen-bond acceptors (Lipinski definition) is 2. The first-order valence-electron chi connectivity index (χ1n) is 9.43. The standard InChI is InChI=1S/C20H25ClN2O2/c21-18-5-3-15(4-6-18)20(25)23-9-7-22(8-10-23)19(24)13-17-12-14-1-2-16(17)11-14/h3-6,14,16-17H,1-2,7-13H2/t14-,16-,17+/m0/s1. The van der Waals surface area contributed by atoms with E-state index < -0.39 is 0 Å². The third-order valence-electron chi connectivity index (χ3n) is 6.33. The van der Waals surface area contributed by atoms with Crippen LogP contribution in [0, 0.1) is 17.8 Å². The topological polar surface area (TPSA) is 40.6 Å². The smallest absolute Gasteiger partial charge is 0.253 e. The Morgan fingerprint density at radius 1 is 0.960 bits per heavy atom. The van der Waals surface area contributed by atoms with E-state index in [2.05, 4.69) is 0 Å². The monoisotopic (exact) mass is 360 g/mol. The maximum Gasteiger partial charge on any atom is 0.253 e. The Labute approximate surface area is 154 Å². The van der Waals surface area contributed by atoms with Gasteiger partial charge in [0.2, 0.25) is 5.91 Å². The Morgan fingerprint density at radius 3 is 2.24 bits per heavy atom. The van der Waals surface area contributed by atoms with Crippen molar-refractivity contribution in [3.05, 3.63) is 34.9 Å². The Hall–Kier alpha value is -1.55. The number of benzene rings is 1. The molecule has 4 rings (SSSR count). The Morgan fingerprint density at radius 2 is 1.64 bits per heavy atom. The van der Waals surface area contributed by atoms with Crippen molar-refractivity contribution in [2.24, 2.45) is 17.8 Å². The average Bonchev–Trinajstić information content (AvgIpc) is 3.25. The van der Waals surface area contributed by atoms with Crippen molar-refractivity contribution < 1.29 is 9.59 Å². The van der Waals surface area contributed by atoms with Gasteiger partial charge in [0, 0.05) is 43.2 Å². The number of carbonyl (C=O) groups is 2. The molecular weight excluding hydrogens is 336 g/mol. The van der Waals surface area contributed by atoms with Gasteiger partial charge in [-0.25, -0.2) is 0 Å². The lowest BCUT2D eigenvalue weighted by molar-refractivity contribution is -0.134. The van der Waals surface area contributed by atoms with Crippen LogP contribution in [0.15, 0.2) is 24.3 Å². The summed E-state index contributed by atoms with van der Waals surface area (Å²) in [5.41, 5.74) is 0.658. The second-order valence-corrected chi connectivity index (χ2v) is 8.26. The summed E-state index contributed by atoms with van der Waals surface area (Å²) >= 11 is 5.88. The normalized spacial score (nSPS) is 28.4. The zero-order chi connectivity index (χ0) is 17.4. The lowest BCUT2D eigenvalue weighted by Gasteiger charge is -2.36. The van der Waals surface area contributed by atoms with E-state index in [0.29, 0.717) is 49.1 Å². The molecule has 25 heavy (non-hydrogen) atoms. The second kappa shape index (κ2) is 6.99. The van der Waals surface area contributed by atoms with Crippen molar-refractivity contribution in [2.75, 3.05) is 26.2 Å². The first kappa shape index (κ1) is 16.9. The number of amides is 2. The van der Waals surface area contributed by atoms with Crippen LogP contribution in [0.4, 0.5) is 0 Å². The lowest BCUT2D eigenvalue weighted by Crippen LogP contribution is -2.51. The molecule has 5 heteroatoms. The van der Waals surface area contributed by atoms with Gasteiger partial charge in [0.15, 0.2) is 0 Å². The van der Waals surface area contributed by atoms with Crippen LogP contribution in [0.3, 0.4) is 0 Å². The van der Waals surface area contributed by atoms with Crippen molar-refractivity contribution in [1.82, 2.24) is 9.80 Å². The van der Waals surface area contributed by atoms with Crippen LogP contribution < -0.4 is 0 Å². The molecule has 2 saturated carbocycles. The Kier molecular flexibility index (Phi) is 4.72. The zero-order valence-electron chi connectivity index (χ0n) is 14.5. The van der Waals surface area contributed by atoms with E-state index in [4.69, 9.17) is 11.6 Å². The molecule has 1 aromatic rings. The summed E-state index contributed by atoms with van der Waals surface area (Å²) in [6.45, 7) is 2.53. The molecule has 1 saturated heterocycles. The summed E-state index contributed by atoms with van der Waals surface area (Å²) in [6, 6.07) is 7.00. The molecule has 3 atom stereocenters. The first-order valence-corrected chi connectivity index (χ1v) is 9.80. The lowest BCUT2D eigenvalue weighted by atomic mass is 9.86. The first-order chi connectivity index (χ1) is 12.1. The van der Waals surface area contributed by atoms with Crippen molar-refractivity contribution in [3.63, 3.8) is 0 Å². The fraction of sp³-hybridized carbons (Fsp3) is 0.600. The van der Waals surface area contributed by atoms with Gasteiger partial charge >= 0.3 is 0 Å². The molecule has 0 unspecified atom stereocenters. The minimum atomic E-state index is 0.0249. The highest BCUT2D eigenvalue weighted by Crippen LogP contribution is 2.49. The van der Waals surface area contributed by atoms with Crippen molar-refractivity contribution in [1.29, 1.82) is 0 Å². The number of nitrogens with zero attached hydrogens (tertiary/aromatic N) is 2. The molecule has 134 valence electrons. The van der Waals surface area contributed by atoms with E-state index >= 15 is 0 Å².